The SMILES string of the molecule is COC(=O)CNC(=O)[C@@H](C)N.O=C(O)C(=O)O. The largest absolute Gasteiger partial charge is 0.473 e. The maximum Gasteiger partial charge on any atom is 0.414 e. The molecule has 0 saturated heterocycles. The number of amides is 1. The van der Waals surface area contributed by atoms with E-state index in [1.165, 1.54) is 14.0 Å². The van der Waals surface area contributed by atoms with Crippen molar-refractivity contribution in [2.75, 3.05) is 13.7 Å². The quantitative estimate of drug-likeness (QED) is 0.324. The monoisotopic (exact) mass is 250 g/mol. The summed E-state index contributed by atoms with van der Waals surface area (Å²) >= 11 is 0. The highest BCUT2D eigenvalue weighted by Gasteiger charge is 2.08. The van der Waals surface area contributed by atoms with Crippen molar-refractivity contribution in [1.82, 2.24) is 5.32 Å². The molecule has 0 bridgehead atoms. The van der Waals surface area contributed by atoms with E-state index >= 15 is 0 Å². The lowest BCUT2D eigenvalue weighted by atomic mass is 10.3. The Labute approximate surface area is 96.5 Å². The van der Waals surface area contributed by atoms with Crippen LogP contribution < -0.4 is 11.1 Å². The number of aliphatic carboxylic acids is 2. The minimum absolute atomic E-state index is 0.128. The van der Waals surface area contributed by atoms with Gasteiger partial charge in [0.15, 0.2) is 0 Å². The number of esters is 1. The molecule has 0 fully saturated rings. The number of hydrogen-bond acceptors (Lipinski definition) is 6. The van der Waals surface area contributed by atoms with Gasteiger partial charge >= 0.3 is 17.9 Å². The third kappa shape index (κ3) is 11.8. The van der Waals surface area contributed by atoms with Gasteiger partial charge in [0.25, 0.3) is 0 Å². The van der Waals surface area contributed by atoms with Crippen molar-refractivity contribution in [3.05, 3.63) is 0 Å². The zero-order valence-corrected chi connectivity index (χ0v) is 9.30. The van der Waals surface area contributed by atoms with Crippen LogP contribution in [0.2, 0.25) is 0 Å². The van der Waals surface area contributed by atoms with Crippen LogP contribution in [0.3, 0.4) is 0 Å². The predicted molar refractivity (Wildman–Crippen MR) is 53.9 cm³/mol. The van der Waals surface area contributed by atoms with Crippen LogP contribution in [0.5, 0.6) is 0 Å². The third-order valence-electron chi connectivity index (χ3n) is 1.23. The zero-order chi connectivity index (χ0) is 14.0. The molecule has 9 nitrogen and oxygen atoms in total. The molecule has 0 spiro atoms. The molecule has 9 heteroatoms. The Balaban J connectivity index is 0. The zero-order valence-electron chi connectivity index (χ0n) is 9.30. The third-order valence-corrected chi connectivity index (χ3v) is 1.23. The van der Waals surface area contributed by atoms with Crippen molar-refractivity contribution >= 4 is 23.8 Å². The molecular weight excluding hydrogens is 236 g/mol. The molecule has 1 atom stereocenters. The Morgan fingerprint density at radius 3 is 1.88 bits per heavy atom. The van der Waals surface area contributed by atoms with Crippen LogP contribution in [0.1, 0.15) is 6.92 Å². The number of ether oxygens (including phenoxy) is 1. The van der Waals surface area contributed by atoms with Crippen molar-refractivity contribution in [1.29, 1.82) is 0 Å². The molecule has 0 aliphatic heterocycles. The summed E-state index contributed by atoms with van der Waals surface area (Å²) in [6.45, 7) is 1.41. The summed E-state index contributed by atoms with van der Waals surface area (Å²) in [5, 5.41) is 17.1. The molecule has 17 heavy (non-hydrogen) atoms. The van der Waals surface area contributed by atoms with E-state index in [2.05, 4.69) is 10.1 Å². The summed E-state index contributed by atoms with van der Waals surface area (Å²) in [6, 6.07) is -0.598. The van der Waals surface area contributed by atoms with Crippen LogP contribution in [-0.4, -0.2) is 53.7 Å². The molecule has 0 radical (unpaired) electrons. The van der Waals surface area contributed by atoms with Gasteiger partial charge in [-0.05, 0) is 6.92 Å². The fourth-order valence-electron chi connectivity index (χ4n) is 0.392. The molecule has 0 saturated carbocycles. The first kappa shape index (κ1) is 17.2. The second-order valence-corrected chi connectivity index (χ2v) is 2.69. The van der Waals surface area contributed by atoms with Gasteiger partial charge in [0.2, 0.25) is 5.91 Å². The highest BCUT2D eigenvalue weighted by atomic mass is 16.5. The summed E-state index contributed by atoms with van der Waals surface area (Å²) in [5.41, 5.74) is 5.20. The molecule has 5 N–H and O–H groups in total. The Morgan fingerprint density at radius 1 is 1.24 bits per heavy atom. The highest BCUT2D eigenvalue weighted by Crippen LogP contribution is 1.75. The van der Waals surface area contributed by atoms with Gasteiger partial charge < -0.3 is 26.0 Å². The first-order valence-corrected chi connectivity index (χ1v) is 4.28. The number of nitrogens with one attached hydrogen (secondary N) is 1. The number of carbonyl (C=O) groups is 4. The van der Waals surface area contributed by atoms with Gasteiger partial charge in [0, 0.05) is 0 Å². The molecule has 0 heterocycles. The molecular formula is C8H14N2O7. The normalized spacial score (nSPS) is 10.3. The van der Waals surface area contributed by atoms with Gasteiger partial charge in [-0.3, -0.25) is 9.59 Å². The van der Waals surface area contributed by atoms with Crippen LogP contribution in [0.25, 0.3) is 0 Å². The average Bonchev–Trinajstić information content (AvgIpc) is 2.25. The summed E-state index contributed by atoms with van der Waals surface area (Å²) in [7, 11) is 1.25. The topological polar surface area (TPSA) is 156 Å². The summed E-state index contributed by atoms with van der Waals surface area (Å²) < 4.78 is 4.29. The molecule has 0 aromatic carbocycles. The standard InChI is InChI=1S/C6H12N2O3.C2H2O4/c1-4(7)6(10)8-3-5(9)11-2;3-1(4)2(5)6/h4H,3,7H2,1-2H3,(H,8,10);(H,3,4)(H,5,6)/t4-;/m1./s1. The van der Waals surface area contributed by atoms with E-state index in [9.17, 15) is 9.59 Å². The van der Waals surface area contributed by atoms with E-state index in [1.807, 2.05) is 0 Å². The van der Waals surface area contributed by atoms with Gasteiger partial charge in [0.05, 0.1) is 13.2 Å². The first-order valence-electron chi connectivity index (χ1n) is 4.28. The molecule has 0 rings (SSSR count). The van der Waals surface area contributed by atoms with Crippen molar-refractivity contribution < 1.29 is 34.1 Å². The molecule has 0 aromatic rings. The van der Waals surface area contributed by atoms with Gasteiger partial charge in [-0.15, -0.1) is 0 Å². The van der Waals surface area contributed by atoms with Gasteiger partial charge in [-0.2, -0.15) is 0 Å². The second kappa shape index (κ2) is 9.09. The number of rotatable bonds is 3. The van der Waals surface area contributed by atoms with E-state index in [0.29, 0.717) is 0 Å². The lowest BCUT2D eigenvalue weighted by molar-refractivity contribution is -0.159. The van der Waals surface area contributed by atoms with E-state index in [1.54, 1.807) is 0 Å². The Bertz CT molecular complexity index is 288. The number of carboxylic acid groups (broad SMARTS) is 2. The van der Waals surface area contributed by atoms with Crippen LogP contribution in [0.15, 0.2) is 0 Å². The van der Waals surface area contributed by atoms with Gasteiger partial charge in [-0.25, -0.2) is 9.59 Å². The lowest BCUT2D eigenvalue weighted by Gasteiger charge is -2.05. The average molecular weight is 250 g/mol. The fourth-order valence-corrected chi connectivity index (χ4v) is 0.392. The van der Waals surface area contributed by atoms with E-state index in [-0.39, 0.29) is 12.5 Å². The Morgan fingerprint density at radius 2 is 1.65 bits per heavy atom. The minimum atomic E-state index is -1.82. The Hall–Kier alpha value is -2.16. The summed E-state index contributed by atoms with van der Waals surface area (Å²) in [4.78, 5) is 39.4. The maximum atomic E-state index is 10.7. The van der Waals surface area contributed by atoms with Crippen LogP contribution in [-0.2, 0) is 23.9 Å². The number of hydrogen-bond donors (Lipinski definition) is 4. The van der Waals surface area contributed by atoms with Crippen molar-refractivity contribution in [3.8, 4) is 0 Å². The van der Waals surface area contributed by atoms with Crippen molar-refractivity contribution in [2.24, 2.45) is 5.73 Å². The number of carbonyl (C=O) groups excluding carboxylic acids is 2. The molecule has 0 aromatic heterocycles. The Kier molecular flexibility index (Phi) is 9.22. The fraction of sp³-hybridized carbons (Fsp3) is 0.500. The van der Waals surface area contributed by atoms with Crippen LogP contribution in [0.4, 0.5) is 0 Å². The molecule has 0 aliphatic carbocycles. The van der Waals surface area contributed by atoms with Gasteiger partial charge in [-0.1, -0.05) is 0 Å². The summed E-state index contributed by atoms with van der Waals surface area (Å²) in [5.74, 6) is -4.50. The van der Waals surface area contributed by atoms with E-state index in [0.717, 1.165) is 0 Å². The number of nitrogens with two attached hydrogens (primary N) is 1. The molecule has 98 valence electrons. The van der Waals surface area contributed by atoms with Gasteiger partial charge in [0.1, 0.15) is 6.54 Å². The summed E-state index contributed by atoms with van der Waals surface area (Å²) in [6.07, 6.45) is 0. The van der Waals surface area contributed by atoms with Crippen LogP contribution >= 0.6 is 0 Å². The molecule has 0 unspecified atom stereocenters. The lowest BCUT2D eigenvalue weighted by Crippen LogP contribution is -2.40. The molecule has 1 amide bonds. The highest BCUT2D eigenvalue weighted by molar-refractivity contribution is 6.27. The second-order valence-electron chi connectivity index (χ2n) is 2.69. The molecule has 0 aliphatic rings. The number of methoxy groups -OCH3 is 1. The van der Waals surface area contributed by atoms with Crippen LogP contribution in [0, 0.1) is 0 Å². The van der Waals surface area contributed by atoms with Crippen molar-refractivity contribution in [3.63, 3.8) is 0 Å². The number of carboxylic acids is 2. The predicted octanol–water partition coefficient (Wildman–Crippen LogP) is -2.22. The minimum Gasteiger partial charge on any atom is -0.473 e. The smallest absolute Gasteiger partial charge is 0.414 e. The van der Waals surface area contributed by atoms with Crippen molar-refractivity contribution in [2.45, 2.75) is 13.0 Å². The van der Waals surface area contributed by atoms with E-state index < -0.39 is 23.9 Å². The van der Waals surface area contributed by atoms with E-state index in [4.69, 9.17) is 25.5 Å². The first-order chi connectivity index (χ1) is 7.72. The maximum absolute atomic E-state index is 10.7.